The van der Waals surface area contributed by atoms with E-state index in [1.54, 1.807) is 0 Å². The van der Waals surface area contributed by atoms with E-state index in [0.29, 0.717) is 6.42 Å². The predicted octanol–water partition coefficient (Wildman–Crippen LogP) is 1.83. The quantitative estimate of drug-likeness (QED) is 0.840. The summed E-state index contributed by atoms with van der Waals surface area (Å²) in [5, 5.41) is 12.3. The minimum absolute atomic E-state index is 0.125. The topological polar surface area (TPSA) is 52.6 Å². The summed E-state index contributed by atoms with van der Waals surface area (Å²) in [7, 11) is 1.92. The second kappa shape index (κ2) is 8.15. The van der Waals surface area contributed by atoms with E-state index >= 15 is 0 Å². The van der Waals surface area contributed by atoms with Crippen LogP contribution in [-0.2, 0) is 6.42 Å². The minimum atomic E-state index is 0.125. The molecule has 4 heteroatoms. The van der Waals surface area contributed by atoms with Gasteiger partial charge in [-0.1, -0.05) is 18.2 Å². The Labute approximate surface area is 127 Å². The summed E-state index contributed by atoms with van der Waals surface area (Å²) in [5.41, 5.74) is 1.92. The van der Waals surface area contributed by atoms with Gasteiger partial charge in [-0.05, 0) is 57.3 Å². The summed E-state index contributed by atoms with van der Waals surface area (Å²) in [5.74, 6) is 0.125. The first-order valence-corrected chi connectivity index (χ1v) is 7.92. The lowest BCUT2D eigenvalue weighted by Gasteiger charge is -2.36. The molecule has 1 unspecified atom stereocenters. The van der Waals surface area contributed by atoms with Crippen LogP contribution < -0.4 is 5.32 Å². The molecule has 1 fully saturated rings. The van der Waals surface area contributed by atoms with Crippen LogP contribution >= 0.6 is 0 Å². The van der Waals surface area contributed by atoms with Gasteiger partial charge in [0.1, 0.15) is 0 Å². The molecule has 1 aliphatic heterocycles. The average molecular weight is 290 g/mol. The van der Waals surface area contributed by atoms with E-state index in [2.05, 4.69) is 5.32 Å². The number of likely N-dealkylation sites (tertiary alicyclic amines) is 1. The molecule has 0 saturated carbocycles. The van der Waals surface area contributed by atoms with Crippen LogP contribution in [0.5, 0.6) is 0 Å². The third-order valence-electron chi connectivity index (χ3n) is 4.24. The Kier molecular flexibility index (Phi) is 6.21. The molecular formula is C17H26N2O2. The number of piperidine rings is 1. The van der Waals surface area contributed by atoms with Crippen LogP contribution in [0.25, 0.3) is 0 Å². The highest BCUT2D eigenvalue weighted by Crippen LogP contribution is 2.23. The van der Waals surface area contributed by atoms with Crippen molar-refractivity contribution >= 4 is 5.91 Å². The van der Waals surface area contributed by atoms with Gasteiger partial charge in [-0.25, -0.2) is 0 Å². The first kappa shape index (κ1) is 16.0. The fourth-order valence-corrected chi connectivity index (χ4v) is 3.08. The number of nitrogens with one attached hydrogen (secondary N) is 1. The molecule has 116 valence electrons. The zero-order chi connectivity index (χ0) is 15.1. The van der Waals surface area contributed by atoms with Crippen molar-refractivity contribution in [2.24, 2.45) is 0 Å². The van der Waals surface area contributed by atoms with Gasteiger partial charge in [-0.15, -0.1) is 0 Å². The van der Waals surface area contributed by atoms with Gasteiger partial charge in [0.25, 0.3) is 5.91 Å². The van der Waals surface area contributed by atoms with E-state index in [-0.39, 0.29) is 18.6 Å². The molecule has 2 rings (SSSR count). The van der Waals surface area contributed by atoms with Crippen molar-refractivity contribution in [2.45, 2.75) is 38.1 Å². The summed E-state index contributed by atoms with van der Waals surface area (Å²) in [6.45, 7) is 1.82. The van der Waals surface area contributed by atoms with Crippen LogP contribution in [0.3, 0.4) is 0 Å². The van der Waals surface area contributed by atoms with Gasteiger partial charge in [0.05, 0.1) is 0 Å². The smallest absolute Gasteiger partial charge is 0.254 e. The SMILES string of the molecule is CNCCc1ccccc1C(=O)N1CCCCC1CCO. The maximum Gasteiger partial charge on any atom is 0.254 e. The lowest BCUT2D eigenvalue weighted by Crippen LogP contribution is -2.44. The normalized spacial score (nSPS) is 18.8. The van der Waals surface area contributed by atoms with Gasteiger partial charge in [-0.2, -0.15) is 0 Å². The first-order chi connectivity index (χ1) is 10.3. The van der Waals surface area contributed by atoms with Crippen LogP contribution in [-0.4, -0.2) is 48.7 Å². The average Bonchev–Trinajstić information content (AvgIpc) is 2.53. The van der Waals surface area contributed by atoms with Gasteiger partial charge in [0, 0.05) is 24.8 Å². The van der Waals surface area contributed by atoms with Gasteiger partial charge in [-0.3, -0.25) is 4.79 Å². The van der Waals surface area contributed by atoms with Crippen molar-refractivity contribution in [3.8, 4) is 0 Å². The molecule has 1 aromatic carbocycles. The Morgan fingerprint density at radius 3 is 2.95 bits per heavy atom. The first-order valence-electron chi connectivity index (χ1n) is 7.92. The van der Waals surface area contributed by atoms with E-state index in [1.807, 2.05) is 36.2 Å². The van der Waals surface area contributed by atoms with Crippen LogP contribution in [0.1, 0.15) is 41.6 Å². The molecule has 0 spiro atoms. The predicted molar refractivity (Wildman–Crippen MR) is 84.5 cm³/mol. The summed E-state index contributed by atoms with van der Waals surface area (Å²) in [4.78, 5) is 14.9. The Morgan fingerprint density at radius 1 is 1.38 bits per heavy atom. The minimum Gasteiger partial charge on any atom is -0.396 e. The number of hydrogen-bond acceptors (Lipinski definition) is 3. The summed E-state index contributed by atoms with van der Waals surface area (Å²) in [6, 6.07) is 8.08. The van der Waals surface area contributed by atoms with Crippen molar-refractivity contribution in [1.29, 1.82) is 0 Å². The van der Waals surface area contributed by atoms with Crippen LogP contribution in [0, 0.1) is 0 Å². The van der Waals surface area contributed by atoms with Crippen LogP contribution in [0.15, 0.2) is 24.3 Å². The molecule has 0 radical (unpaired) electrons. The van der Waals surface area contributed by atoms with Crippen molar-refractivity contribution in [3.63, 3.8) is 0 Å². The molecule has 1 aliphatic rings. The number of benzene rings is 1. The number of amides is 1. The lowest BCUT2D eigenvalue weighted by molar-refractivity contribution is 0.0573. The van der Waals surface area contributed by atoms with Crippen LogP contribution in [0.4, 0.5) is 0 Å². The summed E-state index contributed by atoms with van der Waals surface area (Å²) < 4.78 is 0. The maximum absolute atomic E-state index is 12.9. The molecule has 0 aromatic heterocycles. The molecule has 21 heavy (non-hydrogen) atoms. The van der Waals surface area contributed by atoms with Crippen LogP contribution in [0.2, 0.25) is 0 Å². The summed E-state index contributed by atoms with van der Waals surface area (Å²) >= 11 is 0. The Bertz CT molecular complexity index is 460. The van der Waals surface area contributed by atoms with E-state index < -0.39 is 0 Å². The molecule has 1 aromatic rings. The molecule has 0 aliphatic carbocycles. The monoisotopic (exact) mass is 290 g/mol. The lowest BCUT2D eigenvalue weighted by atomic mass is 9.96. The van der Waals surface area contributed by atoms with Crippen molar-refractivity contribution in [3.05, 3.63) is 35.4 Å². The molecule has 1 amide bonds. The number of aliphatic hydroxyl groups is 1. The van der Waals surface area contributed by atoms with E-state index in [4.69, 9.17) is 0 Å². The highest BCUT2D eigenvalue weighted by Gasteiger charge is 2.27. The molecule has 1 heterocycles. The second-order valence-corrected chi connectivity index (χ2v) is 5.67. The van der Waals surface area contributed by atoms with Gasteiger partial charge in [0.15, 0.2) is 0 Å². The molecule has 4 nitrogen and oxygen atoms in total. The zero-order valence-electron chi connectivity index (χ0n) is 12.8. The third kappa shape index (κ3) is 4.05. The Morgan fingerprint density at radius 2 is 2.19 bits per heavy atom. The van der Waals surface area contributed by atoms with Gasteiger partial charge < -0.3 is 15.3 Å². The second-order valence-electron chi connectivity index (χ2n) is 5.67. The van der Waals surface area contributed by atoms with E-state index in [0.717, 1.165) is 49.9 Å². The number of likely N-dealkylation sites (N-methyl/N-ethyl adjacent to an activating group) is 1. The number of nitrogens with zero attached hydrogens (tertiary/aromatic N) is 1. The van der Waals surface area contributed by atoms with Gasteiger partial charge >= 0.3 is 0 Å². The number of rotatable bonds is 6. The Hall–Kier alpha value is -1.39. The molecule has 0 bridgehead atoms. The molecular weight excluding hydrogens is 264 g/mol. The summed E-state index contributed by atoms with van der Waals surface area (Å²) in [6.07, 6.45) is 4.76. The number of aliphatic hydroxyl groups excluding tert-OH is 1. The molecule has 1 saturated heterocycles. The molecule has 2 N–H and O–H groups in total. The highest BCUT2D eigenvalue weighted by molar-refractivity contribution is 5.96. The van der Waals surface area contributed by atoms with Crippen molar-refractivity contribution in [2.75, 3.05) is 26.7 Å². The van der Waals surface area contributed by atoms with Gasteiger partial charge in [0.2, 0.25) is 0 Å². The Balaban J connectivity index is 2.17. The maximum atomic E-state index is 12.9. The highest BCUT2D eigenvalue weighted by atomic mass is 16.3. The van der Waals surface area contributed by atoms with E-state index in [1.165, 1.54) is 0 Å². The number of carbonyl (C=O) groups excluding carboxylic acids is 1. The molecule has 1 atom stereocenters. The largest absolute Gasteiger partial charge is 0.396 e. The zero-order valence-corrected chi connectivity index (χ0v) is 12.8. The third-order valence-corrected chi connectivity index (χ3v) is 4.24. The fourth-order valence-electron chi connectivity index (χ4n) is 3.08. The number of carbonyl (C=O) groups is 1. The fraction of sp³-hybridized carbons (Fsp3) is 0.588. The van der Waals surface area contributed by atoms with Crippen molar-refractivity contribution in [1.82, 2.24) is 10.2 Å². The van der Waals surface area contributed by atoms with Crippen molar-refractivity contribution < 1.29 is 9.90 Å². The number of hydrogen-bond donors (Lipinski definition) is 2. The standard InChI is InChI=1S/C17H26N2O2/c1-18-11-9-14-6-2-3-8-16(14)17(21)19-12-5-4-7-15(19)10-13-20/h2-3,6,8,15,18,20H,4-5,7,9-13H2,1H3. The van der Waals surface area contributed by atoms with E-state index in [9.17, 15) is 9.90 Å².